The molecule has 1 aromatic rings. The molecule has 0 aromatic heterocycles. The van der Waals surface area contributed by atoms with Crippen LogP contribution >= 0.6 is 0 Å². The van der Waals surface area contributed by atoms with Gasteiger partial charge in [0.15, 0.2) is 0 Å². The van der Waals surface area contributed by atoms with Crippen LogP contribution in [0.5, 0.6) is 0 Å². The first-order valence-electron chi connectivity index (χ1n) is 5.79. The second-order valence-corrected chi connectivity index (χ2v) is 4.09. The third-order valence-electron chi connectivity index (χ3n) is 2.94. The van der Waals surface area contributed by atoms with Crippen molar-refractivity contribution in [1.29, 1.82) is 5.26 Å². The van der Waals surface area contributed by atoms with Crippen LogP contribution in [0.15, 0.2) is 30.3 Å². The van der Waals surface area contributed by atoms with Gasteiger partial charge in [0.2, 0.25) is 5.91 Å². The Bertz CT molecular complexity index is 424. The summed E-state index contributed by atoms with van der Waals surface area (Å²) in [5.74, 6) is -0.00194. The highest BCUT2D eigenvalue weighted by Crippen LogP contribution is 2.16. The van der Waals surface area contributed by atoms with Crippen LogP contribution in [0.2, 0.25) is 0 Å². The Kier molecular flexibility index (Phi) is 3.61. The molecule has 0 spiro atoms. The third-order valence-corrected chi connectivity index (χ3v) is 2.94. The fourth-order valence-electron chi connectivity index (χ4n) is 2.03. The van der Waals surface area contributed by atoms with E-state index in [1.165, 1.54) is 0 Å². The molecule has 4 heteroatoms. The Labute approximate surface area is 101 Å². The maximum atomic E-state index is 11.9. The normalized spacial score (nSPS) is 18.8. The summed E-state index contributed by atoms with van der Waals surface area (Å²) in [7, 11) is 0. The van der Waals surface area contributed by atoms with Crippen LogP contribution < -0.4 is 5.32 Å². The average Bonchev–Trinajstić information content (AvgIpc) is 2.85. The molecule has 0 bridgehead atoms. The van der Waals surface area contributed by atoms with Gasteiger partial charge in [0.05, 0.1) is 12.6 Å². The number of carbonyl (C=O) groups excluding carboxylic acids is 1. The maximum absolute atomic E-state index is 11.9. The van der Waals surface area contributed by atoms with Gasteiger partial charge in [-0.1, -0.05) is 18.2 Å². The highest BCUT2D eigenvalue weighted by molar-refractivity contribution is 5.81. The molecule has 1 atom stereocenters. The number of anilines is 1. The standard InChI is InChI=1S/C13H15N3O/c14-9-12-7-4-8-16(12)13(17)10-15-11-5-2-1-3-6-11/h1-3,5-6,12,15H,4,7-8,10H2/t12-/m0/s1. The summed E-state index contributed by atoms with van der Waals surface area (Å²) in [5.41, 5.74) is 0.925. The molecule has 1 saturated heterocycles. The van der Waals surface area contributed by atoms with Crippen LogP contribution in [0.25, 0.3) is 0 Å². The van der Waals surface area contributed by atoms with Crippen LogP contribution in [0.1, 0.15) is 12.8 Å². The molecule has 4 nitrogen and oxygen atoms in total. The molecule has 1 aliphatic rings. The molecule has 1 N–H and O–H groups in total. The first-order chi connectivity index (χ1) is 8.31. The van der Waals surface area contributed by atoms with Crippen LogP contribution in [0.3, 0.4) is 0 Å². The van der Waals surface area contributed by atoms with Crippen LogP contribution in [-0.4, -0.2) is 29.9 Å². The van der Waals surface area contributed by atoms with Gasteiger partial charge in [-0.15, -0.1) is 0 Å². The Morgan fingerprint density at radius 1 is 1.47 bits per heavy atom. The number of para-hydroxylation sites is 1. The zero-order valence-electron chi connectivity index (χ0n) is 9.60. The molecule has 1 amide bonds. The molecule has 2 rings (SSSR count). The molecule has 1 fully saturated rings. The lowest BCUT2D eigenvalue weighted by atomic mass is 10.2. The third kappa shape index (κ3) is 2.76. The molecule has 0 unspecified atom stereocenters. The van der Waals surface area contributed by atoms with E-state index in [2.05, 4.69) is 11.4 Å². The quantitative estimate of drug-likeness (QED) is 0.856. The van der Waals surface area contributed by atoms with Crippen LogP contribution in [0.4, 0.5) is 5.69 Å². The van der Waals surface area contributed by atoms with E-state index in [1.54, 1.807) is 4.90 Å². The average molecular weight is 229 g/mol. The maximum Gasteiger partial charge on any atom is 0.242 e. The highest BCUT2D eigenvalue weighted by atomic mass is 16.2. The van der Waals surface area contributed by atoms with Crippen molar-refractivity contribution < 1.29 is 4.79 Å². The second-order valence-electron chi connectivity index (χ2n) is 4.09. The second kappa shape index (κ2) is 5.35. The predicted molar refractivity (Wildman–Crippen MR) is 65.3 cm³/mol. The van der Waals surface area contributed by atoms with Crippen molar-refractivity contribution in [3.8, 4) is 6.07 Å². The van der Waals surface area contributed by atoms with Crippen LogP contribution in [0, 0.1) is 11.3 Å². The summed E-state index contributed by atoms with van der Waals surface area (Å²) >= 11 is 0. The molecule has 1 heterocycles. The number of nitrogens with zero attached hydrogens (tertiary/aromatic N) is 2. The van der Waals surface area contributed by atoms with Gasteiger partial charge in [-0.25, -0.2) is 0 Å². The number of hydrogen-bond donors (Lipinski definition) is 1. The molecule has 1 aromatic carbocycles. The van der Waals surface area contributed by atoms with Gasteiger partial charge in [0.25, 0.3) is 0 Å². The minimum atomic E-state index is -0.236. The molecular weight excluding hydrogens is 214 g/mol. The lowest BCUT2D eigenvalue weighted by Gasteiger charge is -2.19. The van der Waals surface area contributed by atoms with E-state index in [0.29, 0.717) is 6.54 Å². The topological polar surface area (TPSA) is 56.1 Å². The summed E-state index contributed by atoms with van der Waals surface area (Å²) in [6.07, 6.45) is 1.73. The number of nitriles is 1. The van der Waals surface area contributed by atoms with Crippen molar-refractivity contribution in [1.82, 2.24) is 4.90 Å². The zero-order chi connectivity index (χ0) is 12.1. The zero-order valence-corrected chi connectivity index (χ0v) is 9.60. The fraction of sp³-hybridized carbons (Fsp3) is 0.385. The first kappa shape index (κ1) is 11.5. The van der Waals surface area contributed by atoms with Crippen molar-refractivity contribution in [3.63, 3.8) is 0 Å². The Morgan fingerprint density at radius 2 is 2.24 bits per heavy atom. The number of amides is 1. The van der Waals surface area contributed by atoms with Gasteiger partial charge in [-0.05, 0) is 25.0 Å². The van der Waals surface area contributed by atoms with Gasteiger partial charge < -0.3 is 10.2 Å². The molecule has 0 radical (unpaired) electrons. The van der Waals surface area contributed by atoms with Crippen molar-refractivity contribution in [3.05, 3.63) is 30.3 Å². The van der Waals surface area contributed by atoms with Gasteiger partial charge in [-0.3, -0.25) is 4.79 Å². The number of carbonyl (C=O) groups is 1. The number of likely N-dealkylation sites (tertiary alicyclic amines) is 1. The van der Waals surface area contributed by atoms with Gasteiger partial charge in [0, 0.05) is 12.2 Å². The van der Waals surface area contributed by atoms with Crippen molar-refractivity contribution in [2.24, 2.45) is 0 Å². The largest absolute Gasteiger partial charge is 0.376 e. The molecular formula is C13H15N3O. The lowest BCUT2D eigenvalue weighted by molar-refractivity contribution is -0.129. The number of nitrogens with one attached hydrogen (secondary N) is 1. The van der Waals surface area contributed by atoms with E-state index in [1.807, 2.05) is 30.3 Å². The summed E-state index contributed by atoms with van der Waals surface area (Å²) in [4.78, 5) is 13.6. The lowest BCUT2D eigenvalue weighted by Crippen LogP contribution is -2.38. The fourth-order valence-corrected chi connectivity index (χ4v) is 2.03. The summed E-state index contributed by atoms with van der Waals surface area (Å²) in [5, 5.41) is 12.0. The SMILES string of the molecule is N#C[C@@H]1CCCN1C(=O)CNc1ccccc1. The van der Waals surface area contributed by atoms with Crippen LogP contribution in [-0.2, 0) is 4.79 Å². The molecule has 88 valence electrons. The smallest absolute Gasteiger partial charge is 0.242 e. The molecule has 0 aliphatic carbocycles. The first-order valence-corrected chi connectivity index (χ1v) is 5.79. The van der Waals surface area contributed by atoms with E-state index in [4.69, 9.17) is 5.26 Å². The van der Waals surface area contributed by atoms with Gasteiger partial charge in [-0.2, -0.15) is 5.26 Å². The minimum Gasteiger partial charge on any atom is -0.376 e. The van der Waals surface area contributed by atoms with Gasteiger partial charge in [0.1, 0.15) is 6.04 Å². The molecule has 1 aliphatic heterocycles. The Morgan fingerprint density at radius 3 is 2.94 bits per heavy atom. The number of rotatable bonds is 3. The van der Waals surface area contributed by atoms with Gasteiger partial charge >= 0.3 is 0 Å². The summed E-state index contributed by atoms with van der Waals surface area (Å²) < 4.78 is 0. The van der Waals surface area contributed by atoms with Crippen molar-refractivity contribution in [2.45, 2.75) is 18.9 Å². The predicted octanol–water partition coefficient (Wildman–Crippen LogP) is 1.61. The highest BCUT2D eigenvalue weighted by Gasteiger charge is 2.27. The van der Waals surface area contributed by atoms with E-state index in [9.17, 15) is 4.79 Å². The van der Waals surface area contributed by atoms with Crippen molar-refractivity contribution >= 4 is 11.6 Å². The van der Waals surface area contributed by atoms with E-state index < -0.39 is 0 Å². The minimum absolute atomic E-state index is 0.00194. The van der Waals surface area contributed by atoms with E-state index in [0.717, 1.165) is 18.5 Å². The number of benzene rings is 1. The van der Waals surface area contributed by atoms with E-state index in [-0.39, 0.29) is 18.5 Å². The monoisotopic (exact) mass is 229 g/mol. The molecule has 17 heavy (non-hydrogen) atoms. The Balaban J connectivity index is 1.88. The van der Waals surface area contributed by atoms with Crippen molar-refractivity contribution in [2.75, 3.05) is 18.4 Å². The van der Waals surface area contributed by atoms with E-state index >= 15 is 0 Å². The number of hydrogen-bond acceptors (Lipinski definition) is 3. The molecule has 0 saturated carbocycles. The summed E-state index contributed by atoms with van der Waals surface area (Å²) in [6, 6.07) is 11.5. The summed E-state index contributed by atoms with van der Waals surface area (Å²) in [6.45, 7) is 0.954. The Hall–Kier alpha value is -2.02.